The van der Waals surface area contributed by atoms with E-state index in [1.54, 1.807) is 0 Å². The highest BCUT2D eigenvalue weighted by Crippen LogP contribution is 2.44. The Bertz CT molecular complexity index is 1150. The number of fused-ring (bicyclic) bond motifs is 2. The van der Waals surface area contributed by atoms with E-state index < -0.39 is 12.3 Å². The molecule has 182 valence electrons. The second kappa shape index (κ2) is 12.3. The molecule has 0 amide bonds. The number of benzene rings is 3. The average Bonchev–Trinajstić information content (AvgIpc) is 2.81. The van der Waals surface area contributed by atoms with Gasteiger partial charge in [0.2, 0.25) is 0 Å². The zero-order chi connectivity index (χ0) is 24.5. The van der Waals surface area contributed by atoms with Crippen LogP contribution in [0.25, 0.3) is 21.5 Å². The van der Waals surface area contributed by atoms with Crippen LogP contribution in [0.5, 0.6) is 11.5 Å². The highest BCUT2D eigenvalue weighted by Gasteiger charge is 2.22. The number of hydrogen-bond acceptors (Lipinski definition) is 6. The summed E-state index contributed by atoms with van der Waals surface area (Å²) in [5.41, 5.74) is 1.89. The summed E-state index contributed by atoms with van der Waals surface area (Å²) in [5.74, 6) is 0.786. The highest BCUT2D eigenvalue weighted by atomic mass is 16.7. The minimum Gasteiger partial charge on any atom is -0.434 e. The van der Waals surface area contributed by atoms with Gasteiger partial charge in [0.15, 0.2) is 5.75 Å². The molecule has 0 unspecified atom stereocenters. The molecule has 0 aromatic heterocycles. The molecule has 3 aromatic rings. The molecule has 0 aliphatic carbocycles. The normalized spacial score (nSPS) is 10.9. The fraction of sp³-hybridized carbons (Fsp3) is 0.429. The van der Waals surface area contributed by atoms with Gasteiger partial charge in [0.05, 0.1) is 13.2 Å². The van der Waals surface area contributed by atoms with Crippen molar-refractivity contribution in [2.45, 2.75) is 66.2 Å². The van der Waals surface area contributed by atoms with Crippen LogP contribution in [0.1, 0.15) is 63.5 Å². The maximum atomic E-state index is 12.5. The van der Waals surface area contributed by atoms with Gasteiger partial charge in [-0.05, 0) is 38.3 Å². The number of carbonyl (C=O) groups is 2. The molecule has 3 aromatic carbocycles. The van der Waals surface area contributed by atoms with Gasteiger partial charge in [-0.15, -0.1) is 0 Å². The van der Waals surface area contributed by atoms with Gasteiger partial charge in [0.25, 0.3) is 0 Å². The van der Waals surface area contributed by atoms with Crippen molar-refractivity contribution in [2.75, 3.05) is 13.2 Å². The van der Waals surface area contributed by atoms with Crippen molar-refractivity contribution in [1.82, 2.24) is 0 Å². The zero-order valence-corrected chi connectivity index (χ0v) is 20.6. The Morgan fingerprint density at radius 2 is 1.24 bits per heavy atom. The van der Waals surface area contributed by atoms with Crippen LogP contribution < -0.4 is 9.47 Å². The number of aryl methyl sites for hydroxylation is 2. The maximum Gasteiger partial charge on any atom is 0.513 e. The molecule has 0 heterocycles. The molecule has 0 spiro atoms. The van der Waals surface area contributed by atoms with E-state index in [-0.39, 0.29) is 0 Å². The van der Waals surface area contributed by atoms with Crippen LogP contribution >= 0.6 is 0 Å². The molecule has 0 aliphatic heterocycles. The minimum absolute atomic E-state index is 0.311. The van der Waals surface area contributed by atoms with E-state index in [0.29, 0.717) is 46.3 Å². The van der Waals surface area contributed by atoms with Crippen molar-refractivity contribution in [3.05, 3.63) is 47.5 Å². The molecule has 0 aliphatic rings. The summed E-state index contributed by atoms with van der Waals surface area (Å²) in [6.07, 6.45) is 4.13. The Hall–Kier alpha value is -3.28. The van der Waals surface area contributed by atoms with Gasteiger partial charge < -0.3 is 18.9 Å². The van der Waals surface area contributed by atoms with Crippen LogP contribution in [-0.2, 0) is 9.47 Å². The Balaban J connectivity index is 2.03. The van der Waals surface area contributed by atoms with Crippen LogP contribution in [0, 0.1) is 13.8 Å². The lowest BCUT2D eigenvalue weighted by molar-refractivity contribution is 0.0966. The summed E-state index contributed by atoms with van der Waals surface area (Å²) in [6, 6.07) is 11.3. The van der Waals surface area contributed by atoms with Crippen molar-refractivity contribution < 1.29 is 28.5 Å². The van der Waals surface area contributed by atoms with Crippen molar-refractivity contribution in [3.63, 3.8) is 0 Å². The second-order valence-corrected chi connectivity index (χ2v) is 8.52. The Morgan fingerprint density at radius 1 is 0.706 bits per heavy atom. The third kappa shape index (κ3) is 6.19. The molecular formula is C28H34O6. The zero-order valence-electron chi connectivity index (χ0n) is 20.6. The molecule has 6 heteroatoms. The smallest absolute Gasteiger partial charge is 0.434 e. The predicted octanol–water partition coefficient (Wildman–Crippen LogP) is 8.02. The van der Waals surface area contributed by atoms with Crippen molar-refractivity contribution in [2.24, 2.45) is 0 Å². The third-order valence-electron chi connectivity index (χ3n) is 5.67. The minimum atomic E-state index is -0.745. The average molecular weight is 467 g/mol. The lowest BCUT2D eigenvalue weighted by Gasteiger charge is -2.18. The van der Waals surface area contributed by atoms with Crippen molar-refractivity contribution >= 4 is 33.9 Å². The van der Waals surface area contributed by atoms with Gasteiger partial charge in [0, 0.05) is 21.5 Å². The van der Waals surface area contributed by atoms with Gasteiger partial charge in [-0.25, -0.2) is 9.59 Å². The molecular weight excluding hydrogens is 432 g/mol. The first-order valence-corrected chi connectivity index (χ1v) is 12.1. The lowest BCUT2D eigenvalue weighted by atomic mass is 9.96. The first-order chi connectivity index (χ1) is 16.5. The molecule has 0 saturated heterocycles. The summed E-state index contributed by atoms with van der Waals surface area (Å²) >= 11 is 0. The number of carbonyl (C=O) groups excluding carboxylic acids is 2. The van der Waals surface area contributed by atoms with E-state index in [0.717, 1.165) is 49.7 Å². The first kappa shape index (κ1) is 25.3. The maximum absolute atomic E-state index is 12.5. The van der Waals surface area contributed by atoms with Crippen molar-refractivity contribution in [1.29, 1.82) is 0 Å². The van der Waals surface area contributed by atoms with E-state index in [1.165, 1.54) is 0 Å². The van der Waals surface area contributed by atoms with Crippen molar-refractivity contribution in [3.8, 4) is 11.5 Å². The SMILES string of the molecule is CCCCCOC(=O)Oc1c2ccccc2c(OC(=O)OCCCCC)c2c(C)cc(C)cc12. The molecule has 0 bridgehead atoms. The fourth-order valence-corrected chi connectivity index (χ4v) is 4.06. The quantitative estimate of drug-likeness (QED) is 0.130. The molecule has 34 heavy (non-hydrogen) atoms. The number of rotatable bonds is 10. The molecule has 0 fully saturated rings. The van der Waals surface area contributed by atoms with Gasteiger partial charge >= 0.3 is 12.3 Å². The summed E-state index contributed by atoms with van der Waals surface area (Å²) in [4.78, 5) is 25.0. The Labute approximate surface area is 201 Å². The molecule has 0 saturated carbocycles. The van der Waals surface area contributed by atoms with Gasteiger partial charge in [-0.3, -0.25) is 0 Å². The molecule has 0 N–H and O–H groups in total. The first-order valence-electron chi connectivity index (χ1n) is 12.1. The van der Waals surface area contributed by atoms with E-state index in [2.05, 4.69) is 13.8 Å². The topological polar surface area (TPSA) is 71.1 Å². The van der Waals surface area contributed by atoms with Crippen LogP contribution in [0.15, 0.2) is 36.4 Å². The predicted molar refractivity (Wildman–Crippen MR) is 134 cm³/mol. The van der Waals surface area contributed by atoms with Crippen LogP contribution in [-0.4, -0.2) is 25.5 Å². The summed E-state index contributed by atoms with van der Waals surface area (Å²) < 4.78 is 22.1. The second-order valence-electron chi connectivity index (χ2n) is 8.52. The number of unbranched alkanes of at least 4 members (excludes halogenated alkanes) is 4. The van der Waals surface area contributed by atoms with Crippen LogP contribution in [0.4, 0.5) is 9.59 Å². The highest BCUT2D eigenvalue weighted by molar-refractivity contribution is 6.13. The lowest BCUT2D eigenvalue weighted by Crippen LogP contribution is -2.14. The summed E-state index contributed by atoms with van der Waals surface area (Å²) in [7, 11) is 0. The van der Waals surface area contributed by atoms with Crippen LogP contribution in [0.3, 0.4) is 0 Å². The monoisotopic (exact) mass is 466 g/mol. The van der Waals surface area contributed by atoms with E-state index in [9.17, 15) is 9.59 Å². The Morgan fingerprint density at radius 3 is 1.79 bits per heavy atom. The Kier molecular flexibility index (Phi) is 9.14. The molecule has 3 rings (SSSR count). The largest absolute Gasteiger partial charge is 0.513 e. The van der Waals surface area contributed by atoms with Gasteiger partial charge in [0.1, 0.15) is 5.75 Å². The molecule has 0 atom stereocenters. The third-order valence-corrected chi connectivity index (χ3v) is 5.67. The van der Waals surface area contributed by atoms with Gasteiger partial charge in [-0.1, -0.05) is 75.4 Å². The van der Waals surface area contributed by atoms with Crippen LogP contribution in [0.2, 0.25) is 0 Å². The van der Waals surface area contributed by atoms with E-state index in [1.807, 2.05) is 50.2 Å². The summed E-state index contributed by atoms with van der Waals surface area (Å²) in [5, 5.41) is 2.68. The fourth-order valence-electron chi connectivity index (χ4n) is 4.06. The van der Waals surface area contributed by atoms with E-state index in [4.69, 9.17) is 18.9 Å². The molecule has 0 radical (unpaired) electrons. The van der Waals surface area contributed by atoms with Gasteiger partial charge in [-0.2, -0.15) is 0 Å². The number of ether oxygens (including phenoxy) is 4. The standard InChI is InChI=1S/C28H34O6/c1-5-7-11-15-31-27(29)33-25-21-13-9-10-14-22(21)26(34-28(30)32-16-12-8-6-2)24-20(4)17-19(3)18-23(24)25/h9-10,13-14,17-18H,5-8,11-12,15-16H2,1-4H3. The summed E-state index contributed by atoms with van der Waals surface area (Å²) in [6.45, 7) is 8.71. The molecule has 6 nitrogen and oxygen atoms in total. The van der Waals surface area contributed by atoms with E-state index >= 15 is 0 Å². The number of hydrogen-bond donors (Lipinski definition) is 0.